The van der Waals surface area contributed by atoms with Crippen LogP contribution >= 0.6 is 55.1 Å². The number of aromatic nitrogens is 1. The minimum Gasteiger partial charge on any atom is -0.434 e. The molecule has 0 amide bonds. The van der Waals surface area contributed by atoms with Crippen LogP contribution in [0.3, 0.4) is 0 Å². The summed E-state index contributed by atoms with van der Waals surface area (Å²) in [5, 5.41) is 0.921. The third-order valence-electron chi connectivity index (χ3n) is 2.73. The first-order valence-electron chi connectivity index (χ1n) is 5.46. The molecule has 0 aliphatic carbocycles. The zero-order valence-electron chi connectivity index (χ0n) is 9.75. The lowest BCUT2D eigenvalue weighted by molar-refractivity contribution is 0.620. The molecule has 1 heterocycles. The van der Waals surface area contributed by atoms with Gasteiger partial charge in [-0.1, -0.05) is 39.1 Å². The van der Waals surface area contributed by atoms with E-state index in [1.54, 1.807) is 12.1 Å². The SMILES string of the molecule is Nc1c(Br)cc(Br)cc1-c1nc2cc(Cl)cc(Cl)c2o1. The van der Waals surface area contributed by atoms with Crippen LogP contribution in [-0.2, 0) is 0 Å². The smallest absolute Gasteiger partial charge is 0.229 e. The molecule has 102 valence electrons. The molecule has 1 aromatic heterocycles. The first-order valence-corrected chi connectivity index (χ1v) is 7.80. The van der Waals surface area contributed by atoms with Crippen LogP contribution in [0.1, 0.15) is 0 Å². The molecule has 0 unspecified atom stereocenters. The number of hydrogen-bond donors (Lipinski definition) is 1. The van der Waals surface area contributed by atoms with E-state index < -0.39 is 0 Å². The highest BCUT2D eigenvalue weighted by Crippen LogP contribution is 2.37. The van der Waals surface area contributed by atoms with E-state index >= 15 is 0 Å². The molecule has 2 N–H and O–H groups in total. The van der Waals surface area contributed by atoms with Gasteiger partial charge in [0.2, 0.25) is 5.89 Å². The second-order valence-corrected chi connectivity index (χ2v) is 6.72. The normalized spacial score (nSPS) is 11.2. The number of oxazole rings is 1. The number of halogens is 4. The molecule has 0 atom stereocenters. The molecule has 0 bridgehead atoms. The summed E-state index contributed by atoms with van der Waals surface area (Å²) in [6.45, 7) is 0. The van der Waals surface area contributed by atoms with Gasteiger partial charge in [-0.15, -0.1) is 0 Å². The number of rotatable bonds is 1. The predicted molar refractivity (Wildman–Crippen MR) is 89.3 cm³/mol. The fourth-order valence-corrected chi connectivity index (χ4v) is 3.58. The Hall–Kier alpha value is -0.750. The summed E-state index contributed by atoms with van der Waals surface area (Å²) in [7, 11) is 0. The minimum atomic E-state index is 0.392. The summed E-state index contributed by atoms with van der Waals surface area (Å²) in [5.41, 5.74) is 8.34. The Bertz CT molecular complexity index is 833. The van der Waals surface area contributed by atoms with Crippen molar-refractivity contribution >= 4 is 71.8 Å². The van der Waals surface area contributed by atoms with Crippen LogP contribution in [0.5, 0.6) is 0 Å². The highest BCUT2D eigenvalue weighted by atomic mass is 79.9. The van der Waals surface area contributed by atoms with Gasteiger partial charge in [-0.25, -0.2) is 4.98 Å². The zero-order chi connectivity index (χ0) is 14.4. The molecular formula is C13H6Br2Cl2N2O. The maximum atomic E-state index is 6.10. The van der Waals surface area contributed by atoms with Gasteiger partial charge >= 0.3 is 0 Å². The van der Waals surface area contributed by atoms with E-state index in [1.165, 1.54) is 0 Å². The molecule has 0 saturated heterocycles. The Kier molecular flexibility index (Phi) is 3.71. The van der Waals surface area contributed by atoms with Gasteiger partial charge in [0.1, 0.15) is 5.52 Å². The predicted octanol–water partition coefficient (Wildman–Crippen LogP) is 5.91. The molecule has 3 aromatic rings. The number of nitrogen functional groups attached to an aromatic ring is 1. The lowest BCUT2D eigenvalue weighted by Gasteiger charge is -2.04. The lowest BCUT2D eigenvalue weighted by atomic mass is 10.2. The second kappa shape index (κ2) is 5.22. The maximum absolute atomic E-state index is 6.10. The molecule has 0 saturated carbocycles. The zero-order valence-corrected chi connectivity index (χ0v) is 14.4. The molecule has 3 nitrogen and oxygen atoms in total. The number of fused-ring (bicyclic) bond motifs is 1. The number of benzene rings is 2. The van der Waals surface area contributed by atoms with Gasteiger partial charge in [-0.3, -0.25) is 0 Å². The van der Waals surface area contributed by atoms with Crippen molar-refractivity contribution in [1.29, 1.82) is 0 Å². The highest BCUT2D eigenvalue weighted by molar-refractivity contribution is 9.11. The van der Waals surface area contributed by atoms with Crippen LogP contribution in [-0.4, -0.2) is 4.98 Å². The molecule has 0 spiro atoms. The van der Waals surface area contributed by atoms with Crippen LogP contribution in [0.15, 0.2) is 37.6 Å². The lowest BCUT2D eigenvalue weighted by Crippen LogP contribution is -1.92. The van der Waals surface area contributed by atoms with E-state index in [0.717, 1.165) is 8.95 Å². The van der Waals surface area contributed by atoms with Crippen molar-refractivity contribution in [3.63, 3.8) is 0 Å². The number of anilines is 1. The Morgan fingerprint density at radius 1 is 1.10 bits per heavy atom. The third kappa shape index (κ3) is 2.44. The van der Waals surface area contributed by atoms with Crippen molar-refractivity contribution in [3.05, 3.63) is 43.3 Å². The second-order valence-electron chi connectivity index (χ2n) is 4.10. The standard InChI is InChI=1S/C13H6Br2Cl2N2O/c14-5-1-7(11(18)8(15)2-5)13-19-10-4-6(16)3-9(17)12(10)20-13/h1-4H,18H2. The average molecular weight is 437 g/mol. The van der Waals surface area contributed by atoms with Crippen molar-refractivity contribution < 1.29 is 4.42 Å². The number of nitrogens with zero attached hydrogens (tertiary/aromatic N) is 1. The summed E-state index contributed by atoms with van der Waals surface area (Å²) in [5.74, 6) is 0.392. The monoisotopic (exact) mass is 434 g/mol. The molecule has 2 aromatic carbocycles. The minimum absolute atomic E-state index is 0.392. The number of nitrogens with two attached hydrogens (primary N) is 1. The van der Waals surface area contributed by atoms with Gasteiger partial charge in [0.25, 0.3) is 0 Å². The summed E-state index contributed by atoms with van der Waals surface area (Å²) < 4.78 is 7.33. The van der Waals surface area contributed by atoms with Gasteiger partial charge in [-0.2, -0.15) is 0 Å². The van der Waals surface area contributed by atoms with E-state index in [0.29, 0.717) is 38.3 Å². The van der Waals surface area contributed by atoms with Gasteiger partial charge in [0.05, 0.1) is 16.3 Å². The topological polar surface area (TPSA) is 52.0 Å². The van der Waals surface area contributed by atoms with Gasteiger partial charge < -0.3 is 10.2 Å². The van der Waals surface area contributed by atoms with Crippen molar-refractivity contribution in [2.45, 2.75) is 0 Å². The van der Waals surface area contributed by atoms with Crippen LogP contribution < -0.4 is 5.73 Å². The fourth-order valence-electron chi connectivity index (χ4n) is 1.84. The van der Waals surface area contributed by atoms with Gasteiger partial charge in [-0.05, 0) is 40.2 Å². The van der Waals surface area contributed by atoms with E-state index in [4.69, 9.17) is 33.4 Å². The Morgan fingerprint density at radius 3 is 2.60 bits per heavy atom. The first kappa shape index (κ1) is 14.2. The van der Waals surface area contributed by atoms with Crippen LogP contribution in [0.4, 0.5) is 5.69 Å². The highest BCUT2D eigenvalue weighted by Gasteiger charge is 2.16. The maximum Gasteiger partial charge on any atom is 0.229 e. The summed E-state index contributed by atoms with van der Waals surface area (Å²) >= 11 is 18.9. The molecule has 7 heteroatoms. The van der Waals surface area contributed by atoms with Gasteiger partial charge in [0.15, 0.2) is 5.58 Å². The molecule has 0 aliphatic heterocycles. The third-order valence-corrected chi connectivity index (χ3v) is 4.35. The van der Waals surface area contributed by atoms with Crippen LogP contribution in [0, 0.1) is 0 Å². The van der Waals surface area contributed by atoms with E-state index in [2.05, 4.69) is 36.8 Å². The molecule has 3 rings (SSSR count). The molecule has 0 fully saturated rings. The van der Waals surface area contributed by atoms with E-state index in [1.807, 2.05) is 12.1 Å². The molecule has 20 heavy (non-hydrogen) atoms. The van der Waals surface area contributed by atoms with Crippen LogP contribution in [0.25, 0.3) is 22.6 Å². The van der Waals surface area contributed by atoms with Crippen molar-refractivity contribution in [3.8, 4) is 11.5 Å². The molecule has 0 aliphatic rings. The fraction of sp³-hybridized carbons (Fsp3) is 0. The number of hydrogen-bond acceptors (Lipinski definition) is 3. The van der Waals surface area contributed by atoms with E-state index in [9.17, 15) is 0 Å². The summed E-state index contributed by atoms with van der Waals surface area (Å²) in [6, 6.07) is 6.99. The Labute approximate surface area is 141 Å². The largest absolute Gasteiger partial charge is 0.434 e. The Balaban J connectivity index is 2.28. The van der Waals surface area contributed by atoms with Crippen LogP contribution in [0.2, 0.25) is 10.0 Å². The summed E-state index contributed by atoms with van der Waals surface area (Å²) in [4.78, 5) is 4.39. The first-order chi connectivity index (χ1) is 9.45. The van der Waals surface area contributed by atoms with Crippen molar-refractivity contribution in [2.75, 3.05) is 5.73 Å². The summed E-state index contributed by atoms with van der Waals surface area (Å²) in [6.07, 6.45) is 0. The molecule has 0 radical (unpaired) electrons. The van der Waals surface area contributed by atoms with Crippen molar-refractivity contribution in [2.24, 2.45) is 0 Å². The van der Waals surface area contributed by atoms with Crippen molar-refractivity contribution in [1.82, 2.24) is 4.98 Å². The van der Waals surface area contributed by atoms with E-state index in [-0.39, 0.29) is 0 Å². The Morgan fingerprint density at radius 2 is 1.85 bits per heavy atom. The average Bonchev–Trinajstić information content (AvgIpc) is 2.77. The van der Waals surface area contributed by atoms with Gasteiger partial charge in [0, 0.05) is 14.0 Å². The quantitative estimate of drug-likeness (QED) is 0.482. The molecular weight excluding hydrogens is 431 g/mol.